The highest BCUT2D eigenvalue weighted by Gasteiger charge is 1.96. The van der Waals surface area contributed by atoms with Gasteiger partial charge in [-0.1, -0.05) is 6.92 Å². The van der Waals surface area contributed by atoms with Crippen LogP contribution in [0.2, 0.25) is 0 Å². The number of nitrogens with one attached hydrogen (secondary N) is 1. The van der Waals surface area contributed by atoms with Crippen LogP contribution >= 0.6 is 0 Å². The van der Waals surface area contributed by atoms with Gasteiger partial charge >= 0.3 is 0 Å². The molecule has 0 aliphatic rings. The molecular formula is C7H14N2O2. The van der Waals surface area contributed by atoms with Crippen LogP contribution in [-0.4, -0.2) is 18.4 Å². The number of carbonyl (C=O) groups is 2. The van der Waals surface area contributed by atoms with Crippen molar-refractivity contribution in [3.05, 3.63) is 0 Å². The fraction of sp³-hybridized carbons (Fsp3) is 0.714. The van der Waals surface area contributed by atoms with Crippen molar-refractivity contribution >= 4 is 11.8 Å². The molecule has 0 spiro atoms. The first-order chi connectivity index (χ1) is 5.16. The molecular weight excluding hydrogens is 144 g/mol. The van der Waals surface area contributed by atoms with Crippen molar-refractivity contribution in [1.82, 2.24) is 5.32 Å². The lowest BCUT2D eigenvalue weighted by Gasteiger charge is -2.00. The Labute approximate surface area is 66.1 Å². The van der Waals surface area contributed by atoms with Crippen LogP contribution in [0, 0.1) is 0 Å². The highest BCUT2D eigenvalue weighted by atomic mass is 16.1. The molecule has 0 bridgehead atoms. The Balaban J connectivity index is 3.14. The lowest BCUT2D eigenvalue weighted by atomic mass is 10.3. The summed E-state index contributed by atoms with van der Waals surface area (Å²) in [6, 6.07) is 0. The maximum atomic E-state index is 10.6. The molecule has 4 nitrogen and oxygen atoms in total. The van der Waals surface area contributed by atoms with Crippen molar-refractivity contribution in [3.8, 4) is 0 Å². The van der Waals surface area contributed by atoms with E-state index >= 15 is 0 Å². The molecule has 3 N–H and O–H groups in total. The zero-order chi connectivity index (χ0) is 8.69. The minimum Gasteiger partial charge on any atom is -0.370 e. The summed E-state index contributed by atoms with van der Waals surface area (Å²) in [4.78, 5) is 20.9. The van der Waals surface area contributed by atoms with E-state index in [9.17, 15) is 9.59 Å². The van der Waals surface area contributed by atoms with Crippen molar-refractivity contribution < 1.29 is 9.59 Å². The molecule has 0 atom stereocenters. The van der Waals surface area contributed by atoms with E-state index in [0.29, 0.717) is 25.8 Å². The number of carbonyl (C=O) groups excluding carboxylic acids is 2. The minimum atomic E-state index is -0.323. The van der Waals surface area contributed by atoms with Gasteiger partial charge in [0, 0.05) is 19.4 Å². The van der Waals surface area contributed by atoms with Crippen molar-refractivity contribution in [2.45, 2.75) is 26.2 Å². The van der Waals surface area contributed by atoms with Crippen LogP contribution in [0.1, 0.15) is 26.2 Å². The predicted octanol–water partition coefficient (Wildman–Crippen LogP) is -0.222. The third-order valence-corrected chi connectivity index (χ3v) is 1.24. The van der Waals surface area contributed by atoms with E-state index in [2.05, 4.69) is 5.32 Å². The Morgan fingerprint density at radius 2 is 2.09 bits per heavy atom. The van der Waals surface area contributed by atoms with Gasteiger partial charge in [-0.3, -0.25) is 9.59 Å². The Morgan fingerprint density at radius 1 is 1.45 bits per heavy atom. The molecule has 64 valence electrons. The molecule has 0 rings (SSSR count). The molecule has 0 fully saturated rings. The third kappa shape index (κ3) is 6.83. The lowest BCUT2D eigenvalue weighted by Crippen LogP contribution is -2.24. The number of amides is 2. The Bertz CT molecular complexity index is 145. The van der Waals surface area contributed by atoms with Gasteiger partial charge in [-0.25, -0.2) is 0 Å². The van der Waals surface area contributed by atoms with Gasteiger partial charge < -0.3 is 11.1 Å². The van der Waals surface area contributed by atoms with Crippen molar-refractivity contribution in [2.24, 2.45) is 5.73 Å². The first kappa shape index (κ1) is 9.94. The van der Waals surface area contributed by atoms with Gasteiger partial charge in [0.05, 0.1) is 0 Å². The fourth-order valence-electron chi connectivity index (χ4n) is 0.615. The summed E-state index contributed by atoms with van der Waals surface area (Å²) in [5, 5.41) is 2.64. The molecule has 0 saturated heterocycles. The monoisotopic (exact) mass is 158 g/mol. The van der Waals surface area contributed by atoms with Crippen LogP contribution in [0.3, 0.4) is 0 Å². The van der Waals surface area contributed by atoms with Crippen LogP contribution in [0.4, 0.5) is 0 Å². The second-order valence-corrected chi connectivity index (χ2v) is 2.27. The number of primary amides is 1. The maximum Gasteiger partial charge on any atom is 0.219 e. The smallest absolute Gasteiger partial charge is 0.219 e. The van der Waals surface area contributed by atoms with Gasteiger partial charge in [0.1, 0.15) is 0 Å². The predicted molar refractivity (Wildman–Crippen MR) is 41.7 cm³/mol. The minimum absolute atomic E-state index is 0.00877. The molecule has 0 aromatic carbocycles. The highest BCUT2D eigenvalue weighted by Crippen LogP contribution is 1.84. The van der Waals surface area contributed by atoms with E-state index < -0.39 is 0 Å². The molecule has 0 unspecified atom stereocenters. The van der Waals surface area contributed by atoms with Crippen molar-refractivity contribution in [2.75, 3.05) is 6.54 Å². The van der Waals surface area contributed by atoms with Crippen LogP contribution in [-0.2, 0) is 9.59 Å². The first-order valence-corrected chi connectivity index (χ1v) is 3.71. The van der Waals surface area contributed by atoms with Crippen molar-refractivity contribution in [3.63, 3.8) is 0 Å². The van der Waals surface area contributed by atoms with E-state index in [0.717, 1.165) is 0 Å². The van der Waals surface area contributed by atoms with E-state index in [4.69, 9.17) is 5.73 Å². The van der Waals surface area contributed by atoms with Crippen LogP contribution in [0.5, 0.6) is 0 Å². The zero-order valence-electron chi connectivity index (χ0n) is 6.72. The summed E-state index contributed by atoms with van der Waals surface area (Å²) in [7, 11) is 0. The van der Waals surface area contributed by atoms with E-state index in [1.54, 1.807) is 6.92 Å². The molecule has 4 heteroatoms. The van der Waals surface area contributed by atoms with Gasteiger partial charge in [-0.05, 0) is 6.42 Å². The highest BCUT2D eigenvalue weighted by molar-refractivity contribution is 5.76. The molecule has 11 heavy (non-hydrogen) atoms. The second kappa shape index (κ2) is 5.70. The average molecular weight is 158 g/mol. The number of hydrogen-bond acceptors (Lipinski definition) is 2. The zero-order valence-corrected chi connectivity index (χ0v) is 6.72. The molecule has 0 saturated carbocycles. The molecule has 0 aliphatic heterocycles. The Kier molecular flexibility index (Phi) is 5.15. The maximum absolute atomic E-state index is 10.6. The largest absolute Gasteiger partial charge is 0.370 e. The normalized spacial score (nSPS) is 9.18. The topological polar surface area (TPSA) is 72.2 Å². The molecule has 0 aromatic rings. The summed E-state index contributed by atoms with van der Waals surface area (Å²) in [5.41, 5.74) is 4.89. The summed E-state index contributed by atoms with van der Waals surface area (Å²) in [6.45, 7) is 2.32. The van der Waals surface area contributed by atoms with Gasteiger partial charge in [0.2, 0.25) is 11.8 Å². The fourth-order valence-corrected chi connectivity index (χ4v) is 0.615. The number of nitrogens with two attached hydrogens (primary N) is 1. The SMILES string of the molecule is CCC(=O)NCCCC(N)=O. The quantitative estimate of drug-likeness (QED) is 0.543. The number of rotatable bonds is 5. The summed E-state index contributed by atoms with van der Waals surface area (Å²) >= 11 is 0. The molecule has 0 aromatic heterocycles. The molecule has 0 heterocycles. The summed E-state index contributed by atoms with van der Waals surface area (Å²) in [5.74, 6) is -0.315. The Morgan fingerprint density at radius 3 is 2.55 bits per heavy atom. The summed E-state index contributed by atoms with van der Waals surface area (Å²) < 4.78 is 0. The van der Waals surface area contributed by atoms with Crippen molar-refractivity contribution in [1.29, 1.82) is 0 Å². The average Bonchev–Trinajstić information content (AvgIpc) is 1.97. The molecule has 0 radical (unpaired) electrons. The second-order valence-electron chi connectivity index (χ2n) is 2.27. The Hall–Kier alpha value is -1.06. The molecule has 0 aliphatic carbocycles. The molecule has 2 amide bonds. The van der Waals surface area contributed by atoms with E-state index in [1.165, 1.54) is 0 Å². The van der Waals surface area contributed by atoms with Crippen LogP contribution < -0.4 is 11.1 Å². The van der Waals surface area contributed by atoms with E-state index in [-0.39, 0.29) is 11.8 Å². The lowest BCUT2D eigenvalue weighted by molar-refractivity contribution is -0.121. The van der Waals surface area contributed by atoms with Gasteiger partial charge in [-0.15, -0.1) is 0 Å². The first-order valence-electron chi connectivity index (χ1n) is 3.71. The summed E-state index contributed by atoms with van der Waals surface area (Å²) in [6.07, 6.45) is 1.45. The number of hydrogen-bond donors (Lipinski definition) is 2. The van der Waals surface area contributed by atoms with E-state index in [1.807, 2.05) is 0 Å². The van der Waals surface area contributed by atoms with Crippen LogP contribution in [0.25, 0.3) is 0 Å². The van der Waals surface area contributed by atoms with Gasteiger partial charge in [-0.2, -0.15) is 0 Å². The van der Waals surface area contributed by atoms with Gasteiger partial charge in [0.25, 0.3) is 0 Å². The van der Waals surface area contributed by atoms with Gasteiger partial charge in [0.15, 0.2) is 0 Å². The third-order valence-electron chi connectivity index (χ3n) is 1.24. The standard InChI is InChI=1S/C7H14N2O2/c1-2-7(11)9-5-3-4-6(8)10/h2-5H2,1H3,(H2,8,10)(H,9,11). The van der Waals surface area contributed by atoms with Crippen LogP contribution in [0.15, 0.2) is 0 Å².